The molecule has 2 atom stereocenters. The number of anilines is 2. The van der Waals surface area contributed by atoms with Crippen LogP contribution in [0.4, 0.5) is 37.7 Å². The maximum absolute atomic E-state index is 13.1. The van der Waals surface area contributed by atoms with Crippen molar-refractivity contribution in [2.45, 2.75) is 32.6 Å². The number of para-hydroxylation sites is 1. The zero-order chi connectivity index (χ0) is 23.6. The number of piperidine rings is 1. The molecule has 2 unspecified atom stereocenters. The molecule has 170 valence electrons. The highest BCUT2D eigenvalue weighted by Gasteiger charge is 2.70. The Morgan fingerprint density at radius 2 is 1.53 bits per heavy atom. The topological polar surface area (TPSA) is 49.4 Å². The molecule has 2 aliphatic rings. The third-order valence-corrected chi connectivity index (χ3v) is 6.09. The second-order valence-corrected chi connectivity index (χ2v) is 8.33. The highest BCUT2D eigenvalue weighted by Crippen LogP contribution is 2.60. The minimum atomic E-state index is -5.02. The normalized spacial score (nSPS) is 22.7. The number of carbonyl (C=O) groups is 2. The molecular formula is C22H18F6N2O2. The number of hydrogen-bond donors (Lipinski definition) is 1. The molecular weight excluding hydrogens is 438 g/mol. The molecule has 2 aromatic carbocycles. The average Bonchev–Trinajstić information content (AvgIpc) is 3.34. The van der Waals surface area contributed by atoms with Gasteiger partial charge in [0.15, 0.2) is 0 Å². The van der Waals surface area contributed by atoms with Gasteiger partial charge in [0.25, 0.3) is 0 Å². The number of aryl methyl sites for hydroxylation is 2. The maximum Gasteiger partial charge on any atom is 0.416 e. The standard InChI is InChI=1S/C22H18F6N2O2/c1-11-4-3-5-12(2)17(11)30-10-20(9-16(20)18(30)31)19(32)29-15-7-13(21(23,24)25)6-14(8-15)22(26,27)28/h3-8,16H,9-10H2,1-2H3,(H,29,32). The van der Waals surface area contributed by atoms with Gasteiger partial charge in [-0.15, -0.1) is 0 Å². The van der Waals surface area contributed by atoms with Crippen LogP contribution in [0.1, 0.15) is 28.7 Å². The lowest BCUT2D eigenvalue weighted by Gasteiger charge is -2.24. The summed E-state index contributed by atoms with van der Waals surface area (Å²) < 4.78 is 78.6. The largest absolute Gasteiger partial charge is 0.416 e. The van der Waals surface area contributed by atoms with Gasteiger partial charge >= 0.3 is 12.4 Å². The van der Waals surface area contributed by atoms with Crippen molar-refractivity contribution < 1.29 is 35.9 Å². The monoisotopic (exact) mass is 456 g/mol. The number of amides is 2. The van der Waals surface area contributed by atoms with Gasteiger partial charge in [-0.05, 0) is 49.6 Å². The van der Waals surface area contributed by atoms with Crippen molar-refractivity contribution >= 4 is 23.2 Å². The number of rotatable bonds is 3. The van der Waals surface area contributed by atoms with Crippen LogP contribution in [-0.4, -0.2) is 18.4 Å². The predicted octanol–water partition coefficient (Wildman–Crippen LogP) is 5.33. The maximum atomic E-state index is 13.1. The second kappa shape index (κ2) is 6.98. The number of carbonyl (C=O) groups excluding carboxylic acids is 2. The van der Waals surface area contributed by atoms with Crippen molar-refractivity contribution in [3.05, 3.63) is 58.7 Å². The summed E-state index contributed by atoms with van der Waals surface area (Å²) in [6.45, 7) is 3.64. The van der Waals surface area contributed by atoms with E-state index >= 15 is 0 Å². The highest BCUT2D eigenvalue weighted by molar-refractivity contribution is 6.11. The van der Waals surface area contributed by atoms with Crippen LogP contribution in [0.25, 0.3) is 0 Å². The Kier molecular flexibility index (Phi) is 4.83. The lowest BCUT2D eigenvalue weighted by molar-refractivity contribution is -0.143. The van der Waals surface area contributed by atoms with Gasteiger partial charge in [-0.25, -0.2) is 0 Å². The Morgan fingerprint density at radius 3 is 2.03 bits per heavy atom. The zero-order valence-electron chi connectivity index (χ0n) is 17.0. The van der Waals surface area contributed by atoms with Gasteiger partial charge in [0.2, 0.25) is 11.8 Å². The van der Waals surface area contributed by atoms with Crippen LogP contribution >= 0.6 is 0 Å². The fraction of sp³-hybridized carbons (Fsp3) is 0.364. The minimum Gasteiger partial charge on any atom is -0.326 e. The van der Waals surface area contributed by atoms with Gasteiger partial charge in [0, 0.05) is 17.9 Å². The van der Waals surface area contributed by atoms with Crippen LogP contribution in [0.15, 0.2) is 36.4 Å². The number of nitrogens with one attached hydrogen (secondary N) is 1. The third kappa shape index (κ3) is 3.61. The quantitative estimate of drug-likeness (QED) is 0.635. The molecule has 1 N–H and O–H groups in total. The van der Waals surface area contributed by atoms with Gasteiger partial charge in [-0.3, -0.25) is 9.59 Å². The van der Waals surface area contributed by atoms with Crippen molar-refractivity contribution in [1.82, 2.24) is 0 Å². The smallest absolute Gasteiger partial charge is 0.326 e. The van der Waals surface area contributed by atoms with E-state index in [-0.39, 0.29) is 24.9 Å². The van der Waals surface area contributed by atoms with Crippen LogP contribution in [-0.2, 0) is 21.9 Å². The van der Waals surface area contributed by atoms with E-state index in [9.17, 15) is 35.9 Å². The molecule has 1 saturated heterocycles. The van der Waals surface area contributed by atoms with Crippen LogP contribution in [0.5, 0.6) is 0 Å². The van der Waals surface area contributed by atoms with Gasteiger partial charge in [0.1, 0.15) is 0 Å². The summed E-state index contributed by atoms with van der Waals surface area (Å²) in [6.07, 6.45) is -9.85. The molecule has 4 nitrogen and oxygen atoms in total. The van der Waals surface area contributed by atoms with Crippen LogP contribution in [0.2, 0.25) is 0 Å². The highest BCUT2D eigenvalue weighted by atomic mass is 19.4. The molecule has 2 fully saturated rings. The second-order valence-electron chi connectivity index (χ2n) is 8.33. The molecule has 0 spiro atoms. The molecule has 1 saturated carbocycles. The molecule has 32 heavy (non-hydrogen) atoms. The van der Waals surface area contributed by atoms with Crippen molar-refractivity contribution in [1.29, 1.82) is 0 Å². The molecule has 1 aliphatic carbocycles. The van der Waals surface area contributed by atoms with E-state index in [0.717, 1.165) is 11.1 Å². The summed E-state index contributed by atoms with van der Waals surface area (Å²) in [5.41, 5.74) is -2.53. The van der Waals surface area contributed by atoms with Crippen LogP contribution in [0, 0.1) is 25.2 Å². The van der Waals surface area contributed by atoms with Gasteiger partial charge in [-0.1, -0.05) is 18.2 Å². The molecule has 2 aromatic rings. The molecule has 10 heteroatoms. The van der Waals surface area contributed by atoms with Crippen LogP contribution in [0.3, 0.4) is 0 Å². The fourth-order valence-corrected chi connectivity index (χ4v) is 4.38. The number of hydrogen-bond acceptors (Lipinski definition) is 2. The number of alkyl halides is 6. The predicted molar refractivity (Wildman–Crippen MR) is 104 cm³/mol. The minimum absolute atomic E-state index is 0.00431. The first-order valence-electron chi connectivity index (χ1n) is 9.72. The Hall–Kier alpha value is -3.04. The Bertz CT molecular complexity index is 1070. The molecule has 1 aliphatic heterocycles. The van der Waals surface area contributed by atoms with Gasteiger partial charge < -0.3 is 10.2 Å². The lowest BCUT2D eigenvalue weighted by atomic mass is 10.0. The molecule has 0 radical (unpaired) electrons. The number of nitrogens with zero attached hydrogens (tertiary/aromatic N) is 1. The third-order valence-electron chi connectivity index (χ3n) is 6.09. The lowest BCUT2D eigenvalue weighted by Crippen LogP contribution is -2.34. The van der Waals surface area contributed by atoms with E-state index < -0.39 is 46.4 Å². The van der Waals surface area contributed by atoms with Crippen molar-refractivity contribution in [3.8, 4) is 0 Å². The molecule has 0 aromatic heterocycles. The first kappa shape index (κ1) is 22.2. The SMILES string of the molecule is Cc1cccc(C)c1N1CC2(C(=O)Nc3cc(C(F)(F)F)cc(C(F)(F)F)c3)CC2C1=O. The number of fused-ring (bicyclic) bond motifs is 1. The Labute approximate surface area is 179 Å². The van der Waals surface area contributed by atoms with E-state index in [1.165, 1.54) is 4.90 Å². The van der Waals surface area contributed by atoms with E-state index in [1.54, 1.807) is 0 Å². The Balaban J connectivity index is 1.63. The molecule has 0 bridgehead atoms. The summed E-state index contributed by atoms with van der Waals surface area (Å²) >= 11 is 0. The van der Waals surface area contributed by atoms with E-state index in [0.29, 0.717) is 17.8 Å². The fourth-order valence-electron chi connectivity index (χ4n) is 4.38. The van der Waals surface area contributed by atoms with E-state index in [4.69, 9.17) is 0 Å². The number of benzene rings is 2. The van der Waals surface area contributed by atoms with Gasteiger partial charge in [-0.2, -0.15) is 26.3 Å². The summed E-state index contributed by atoms with van der Waals surface area (Å²) in [5.74, 6) is -1.70. The molecule has 1 heterocycles. The first-order valence-corrected chi connectivity index (χ1v) is 9.72. The first-order chi connectivity index (χ1) is 14.7. The summed E-state index contributed by atoms with van der Waals surface area (Å²) in [7, 11) is 0. The van der Waals surface area contributed by atoms with Crippen molar-refractivity contribution in [3.63, 3.8) is 0 Å². The van der Waals surface area contributed by atoms with Crippen LogP contribution < -0.4 is 10.2 Å². The number of halogens is 6. The van der Waals surface area contributed by atoms with E-state index in [1.807, 2.05) is 32.0 Å². The summed E-state index contributed by atoms with van der Waals surface area (Å²) in [5, 5.41) is 2.20. The molecule has 2 amide bonds. The summed E-state index contributed by atoms with van der Waals surface area (Å²) in [4.78, 5) is 27.3. The summed E-state index contributed by atoms with van der Waals surface area (Å²) in [6, 6.07) is 6.36. The van der Waals surface area contributed by atoms with Crippen molar-refractivity contribution in [2.24, 2.45) is 11.3 Å². The Morgan fingerprint density at radius 1 is 1.00 bits per heavy atom. The van der Waals surface area contributed by atoms with Gasteiger partial charge in [0.05, 0.1) is 22.5 Å². The van der Waals surface area contributed by atoms with Crippen molar-refractivity contribution in [2.75, 3.05) is 16.8 Å². The molecule has 4 rings (SSSR count). The average molecular weight is 456 g/mol. The van der Waals surface area contributed by atoms with E-state index in [2.05, 4.69) is 5.32 Å². The zero-order valence-corrected chi connectivity index (χ0v) is 17.0.